The van der Waals surface area contributed by atoms with E-state index in [9.17, 15) is 14.0 Å². The van der Waals surface area contributed by atoms with Crippen LogP contribution in [0.25, 0.3) is 0 Å². The van der Waals surface area contributed by atoms with Crippen molar-refractivity contribution in [2.24, 2.45) is 5.92 Å². The van der Waals surface area contributed by atoms with Crippen molar-refractivity contribution in [1.82, 2.24) is 4.90 Å². The van der Waals surface area contributed by atoms with Crippen LogP contribution in [-0.2, 0) is 15.0 Å². The molecule has 5 nitrogen and oxygen atoms in total. The predicted molar refractivity (Wildman–Crippen MR) is 87.5 cm³/mol. The van der Waals surface area contributed by atoms with Crippen LogP contribution in [0.2, 0.25) is 0 Å². The number of hydrogen-bond acceptors (Lipinski definition) is 3. The minimum absolute atomic E-state index is 0.0368. The molecule has 1 heterocycles. The van der Waals surface area contributed by atoms with Crippen LogP contribution >= 0.6 is 0 Å². The Morgan fingerprint density at radius 3 is 2.54 bits per heavy atom. The number of likely N-dealkylation sites (tertiary alicyclic amines) is 1. The molecule has 6 heteroatoms. The highest BCUT2D eigenvalue weighted by Crippen LogP contribution is 2.32. The molecule has 0 aromatic heterocycles. The third kappa shape index (κ3) is 4.69. The topological polar surface area (TPSA) is 66.8 Å². The molecule has 0 spiro atoms. The van der Waals surface area contributed by atoms with Crippen molar-refractivity contribution < 1.29 is 23.8 Å². The van der Waals surface area contributed by atoms with Crippen LogP contribution in [-0.4, -0.2) is 41.6 Å². The van der Waals surface area contributed by atoms with Gasteiger partial charge >= 0.3 is 5.97 Å². The fourth-order valence-electron chi connectivity index (χ4n) is 2.67. The predicted octanol–water partition coefficient (Wildman–Crippen LogP) is 2.83. The Morgan fingerprint density at radius 1 is 1.29 bits per heavy atom. The molecule has 1 aliphatic rings. The second kappa shape index (κ2) is 7.20. The first kappa shape index (κ1) is 18.2. The van der Waals surface area contributed by atoms with E-state index in [1.807, 2.05) is 20.8 Å². The van der Waals surface area contributed by atoms with E-state index < -0.39 is 5.97 Å². The van der Waals surface area contributed by atoms with Crippen LogP contribution in [0.1, 0.15) is 39.2 Å². The molecular weight excluding hydrogens is 313 g/mol. The zero-order valence-corrected chi connectivity index (χ0v) is 14.3. The number of halogens is 1. The van der Waals surface area contributed by atoms with Crippen molar-refractivity contribution >= 4 is 11.9 Å². The van der Waals surface area contributed by atoms with E-state index >= 15 is 0 Å². The molecule has 1 aromatic carbocycles. The van der Waals surface area contributed by atoms with Gasteiger partial charge < -0.3 is 14.7 Å². The molecule has 1 aromatic rings. The van der Waals surface area contributed by atoms with Crippen molar-refractivity contribution in [3.63, 3.8) is 0 Å². The Hall–Kier alpha value is -2.11. The van der Waals surface area contributed by atoms with Gasteiger partial charge in [0, 0.05) is 31.0 Å². The molecule has 132 valence electrons. The number of nitrogens with zero attached hydrogens (tertiary/aromatic N) is 1. The SMILES string of the molecule is CC(C)(C)c1cc(F)ccc1OCC1CN(C(=O)CCC(=O)O)C1. The number of carboxylic acid groups (broad SMARTS) is 1. The minimum Gasteiger partial charge on any atom is -0.493 e. The van der Waals surface area contributed by atoms with Crippen LogP contribution < -0.4 is 4.74 Å². The van der Waals surface area contributed by atoms with Gasteiger partial charge in [0.1, 0.15) is 11.6 Å². The second-order valence-electron chi connectivity index (χ2n) is 7.26. The lowest BCUT2D eigenvalue weighted by Crippen LogP contribution is -2.52. The molecule has 2 rings (SSSR count). The largest absolute Gasteiger partial charge is 0.493 e. The van der Waals surface area contributed by atoms with Gasteiger partial charge in [0.05, 0.1) is 13.0 Å². The number of amides is 1. The van der Waals surface area contributed by atoms with Crippen LogP contribution in [0.4, 0.5) is 4.39 Å². The summed E-state index contributed by atoms with van der Waals surface area (Å²) in [6.07, 6.45) is -0.101. The third-order valence-electron chi connectivity index (χ3n) is 4.09. The number of carboxylic acids is 1. The summed E-state index contributed by atoms with van der Waals surface area (Å²) in [5.41, 5.74) is 0.590. The number of ether oxygens (including phenoxy) is 1. The summed E-state index contributed by atoms with van der Waals surface area (Å²) in [6, 6.07) is 4.52. The van der Waals surface area contributed by atoms with E-state index in [1.165, 1.54) is 12.1 Å². The summed E-state index contributed by atoms with van der Waals surface area (Å²) >= 11 is 0. The average molecular weight is 337 g/mol. The van der Waals surface area contributed by atoms with Gasteiger partial charge in [0.25, 0.3) is 0 Å². The van der Waals surface area contributed by atoms with Gasteiger partial charge in [-0.1, -0.05) is 20.8 Å². The van der Waals surface area contributed by atoms with E-state index in [2.05, 4.69) is 0 Å². The van der Waals surface area contributed by atoms with Gasteiger partial charge in [-0.3, -0.25) is 9.59 Å². The summed E-state index contributed by atoms with van der Waals surface area (Å²) in [5, 5.41) is 8.59. The summed E-state index contributed by atoms with van der Waals surface area (Å²) in [5.74, 6) is -0.497. The minimum atomic E-state index is -0.963. The number of aliphatic carboxylic acids is 1. The highest BCUT2D eigenvalue weighted by Gasteiger charge is 2.31. The first-order valence-electron chi connectivity index (χ1n) is 8.09. The van der Waals surface area contributed by atoms with Crippen molar-refractivity contribution in [3.05, 3.63) is 29.6 Å². The summed E-state index contributed by atoms with van der Waals surface area (Å²) < 4.78 is 19.3. The number of carbonyl (C=O) groups is 2. The Labute approximate surface area is 141 Å². The highest BCUT2D eigenvalue weighted by atomic mass is 19.1. The maximum atomic E-state index is 13.5. The molecule has 0 unspecified atom stereocenters. The zero-order chi connectivity index (χ0) is 17.9. The molecule has 1 N–H and O–H groups in total. The average Bonchev–Trinajstić information content (AvgIpc) is 2.43. The third-order valence-corrected chi connectivity index (χ3v) is 4.09. The molecule has 0 radical (unpaired) electrons. The lowest BCUT2D eigenvalue weighted by molar-refractivity contribution is -0.143. The molecule has 0 saturated carbocycles. The molecule has 1 amide bonds. The van der Waals surface area contributed by atoms with Crippen LogP contribution in [0.3, 0.4) is 0 Å². The number of carbonyl (C=O) groups excluding carboxylic acids is 1. The van der Waals surface area contributed by atoms with Gasteiger partial charge in [-0.2, -0.15) is 0 Å². The van der Waals surface area contributed by atoms with Gasteiger partial charge in [-0.05, 0) is 23.6 Å². The van der Waals surface area contributed by atoms with Crippen LogP contribution in [0.5, 0.6) is 5.75 Å². The fourth-order valence-corrected chi connectivity index (χ4v) is 2.67. The van der Waals surface area contributed by atoms with Crippen molar-refractivity contribution in [3.8, 4) is 5.75 Å². The van der Waals surface area contributed by atoms with Crippen LogP contribution in [0, 0.1) is 11.7 Å². The van der Waals surface area contributed by atoms with Gasteiger partial charge in [0.2, 0.25) is 5.91 Å². The summed E-state index contributed by atoms with van der Waals surface area (Å²) in [7, 11) is 0. The first-order valence-corrected chi connectivity index (χ1v) is 8.09. The Balaban J connectivity index is 1.84. The number of hydrogen-bond donors (Lipinski definition) is 1. The molecule has 1 fully saturated rings. The van der Waals surface area contributed by atoms with Crippen molar-refractivity contribution in [1.29, 1.82) is 0 Å². The quantitative estimate of drug-likeness (QED) is 0.867. The van der Waals surface area contributed by atoms with E-state index in [4.69, 9.17) is 9.84 Å². The Bertz CT molecular complexity index is 618. The lowest BCUT2D eigenvalue weighted by Gasteiger charge is -2.39. The fraction of sp³-hybridized carbons (Fsp3) is 0.556. The number of rotatable bonds is 6. The van der Waals surface area contributed by atoms with E-state index in [0.29, 0.717) is 25.4 Å². The standard InChI is InChI=1S/C18H24FNO4/c1-18(2,3)14-8-13(19)4-5-15(14)24-11-12-9-20(10-12)16(21)6-7-17(22)23/h4-5,8,12H,6-7,9-11H2,1-3H3,(H,22,23). The van der Waals surface area contributed by atoms with Crippen molar-refractivity contribution in [2.45, 2.75) is 39.0 Å². The Morgan fingerprint density at radius 2 is 1.96 bits per heavy atom. The molecular formula is C18H24FNO4. The molecule has 1 saturated heterocycles. The number of benzene rings is 1. The maximum Gasteiger partial charge on any atom is 0.303 e. The van der Waals surface area contributed by atoms with Crippen LogP contribution in [0.15, 0.2) is 18.2 Å². The first-order chi connectivity index (χ1) is 11.2. The van der Waals surface area contributed by atoms with Gasteiger partial charge in [-0.15, -0.1) is 0 Å². The zero-order valence-electron chi connectivity index (χ0n) is 14.3. The lowest BCUT2D eigenvalue weighted by atomic mass is 9.86. The molecule has 0 aliphatic carbocycles. The smallest absolute Gasteiger partial charge is 0.303 e. The van der Waals surface area contributed by atoms with E-state index in [0.717, 1.165) is 5.56 Å². The molecule has 0 atom stereocenters. The summed E-state index contributed by atoms with van der Waals surface area (Å²) in [6.45, 7) is 7.61. The normalized spacial score (nSPS) is 15.1. The van der Waals surface area contributed by atoms with Crippen molar-refractivity contribution in [2.75, 3.05) is 19.7 Å². The monoisotopic (exact) mass is 337 g/mol. The molecule has 1 aliphatic heterocycles. The van der Waals surface area contributed by atoms with Gasteiger partial charge in [0.15, 0.2) is 0 Å². The van der Waals surface area contributed by atoms with E-state index in [-0.39, 0.29) is 35.9 Å². The molecule has 24 heavy (non-hydrogen) atoms. The highest BCUT2D eigenvalue weighted by molar-refractivity contribution is 5.81. The summed E-state index contributed by atoms with van der Waals surface area (Å²) in [4.78, 5) is 23.9. The van der Waals surface area contributed by atoms with E-state index in [1.54, 1.807) is 11.0 Å². The Kier molecular flexibility index (Phi) is 5.47. The maximum absolute atomic E-state index is 13.5. The van der Waals surface area contributed by atoms with Gasteiger partial charge in [-0.25, -0.2) is 4.39 Å². The second-order valence-corrected chi connectivity index (χ2v) is 7.26. The molecule has 0 bridgehead atoms.